The largest absolute Gasteiger partial charge is 0.469 e. The number of nitrogens with two attached hydrogens (primary N) is 1. The average Bonchev–Trinajstić information content (AvgIpc) is 3.04. The number of methoxy groups -OCH3 is 1. The molecular formula is C20H18ClN3O5S. The summed E-state index contributed by atoms with van der Waals surface area (Å²) in [5.74, 6) is -2.79. The van der Waals surface area contributed by atoms with E-state index < -0.39 is 29.0 Å². The summed E-state index contributed by atoms with van der Waals surface area (Å²) in [5, 5.41) is 9.56. The fraction of sp³-hybridized carbons (Fsp3) is 0.300. The summed E-state index contributed by atoms with van der Waals surface area (Å²) in [6.45, 7) is 1.74. The van der Waals surface area contributed by atoms with Gasteiger partial charge in [0.2, 0.25) is 5.91 Å². The molecule has 0 bridgehead atoms. The van der Waals surface area contributed by atoms with Gasteiger partial charge < -0.3 is 15.2 Å². The second-order valence-electron chi connectivity index (χ2n) is 6.36. The lowest BCUT2D eigenvalue weighted by atomic mass is 9.83. The summed E-state index contributed by atoms with van der Waals surface area (Å²) in [5.41, 5.74) is 6.78. The van der Waals surface area contributed by atoms with E-state index in [2.05, 4.69) is 4.74 Å². The number of fused-ring (bicyclic) bond motifs is 1. The van der Waals surface area contributed by atoms with Crippen LogP contribution in [0.2, 0.25) is 5.02 Å². The number of thioether (sulfide) groups is 1. The van der Waals surface area contributed by atoms with E-state index in [9.17, 15) is 19.6 Å². The van der Waals surface area contributed by atoms with E-state index in [1.807, 2.05) is 6.07 Å². The van der Waals surface area contributed by atoms with E-state index in [4.69, 9.17) is 22.1 Å². The average molecular weight is 448 g/mol. The molecule has 0 radical (unpaired) electrons. The minimum Gasteiger partial charge on any atom is -0.469 e. The van der Waals surface area contributed by atoms with Gasteiger partial charge in [0.05, 0.1) is 48.3 Å². The Hall–Kier alpha value is -2.96. The summed E-state index contributed by atoms with van der Waals surface area (Å²) in [4.78, 5) is 38.8. The zero-order chi connectivity index (χ0) is 22.0. The molecule has 2 atom stereocenters. The highest BCUT2D eigenvalue weighted by atomic mass is 35.5. The van der Waals surface area contributed by atoms with Crippen LogP contribution >= 0.6 is 23.4 Å². The molecule has 0 aliphatic carbocycles. The van der Waals surface area contributed by atoms with Crippen molar-refractivity contribution in [3.05, 3.63) is 56.8 Å². The monoisotopic (exact) mass is 447 g/mol. The molecule has 156 valence electrons. The number of esters is 2. The molecule has 10 heteroatoms. The maximum Gasteiger partial charge on any atom is 0.337 e. The minimum absolute atomic E-state index is 0.00238. The Morgan fingerprint density at radius 3 is 2.67 bits per heavy atom. The van der Waals surface area contributed by atoms with Crippen LogP contribution in [0.3, 0.4) is 0 Å². The third-order valence-corrected chi connectivity index (χ3v) is 6.31. The number of nitriles is 1. The van der Waals surface area contributed by atoms with Crippen molar-refractivity contribution < 1.29 is 23.9 Å². The van der Waals surface area contributed by atoms with Gasteiger partial charge in [-0.05, 0) is 18.6 Å². The topological polar surface area (TPSA) is 123 Å². The Morgan fingerprint density at radius 1 is 1.37 bits per heavy atom. The standard InChI is InChI=1S/C20H18ClN3O5S/c1-3-29-20(27)16-15(10-6-4-5-7-12(10)21)11(9-22)17(23)24-18(26)13(30-19(16)24)8-14(25)28-2/h4-7,13,15H,3,8,23H2,1-2H3. The normalized spacial score (nSPS) is 20.7. The maximum atomic E-state index is 13.0. The van der Waals surface area contributed by atoms with E-state index in [0.29, 0.717) is 10.6 Å². The fourth-order valence-electron chi connectivity index (χ4n) is 3.35. The third-order valence-electron chi connectivity index (χ3n) is 4.69. The van der Waals surface area contributed by atoms with Gasteiger partial charge in [-0.25, -0.2) is 4.79 Å². The number of nitrogens with zero attached hydrogens (tertiary/aromatic N) is 2. The van der Waals surface area contributed by atoms with Crippen molar-refractivity contribution in [3.8, 4) is 6.07 Å². The van der Waals surface area contributed by atoms with Crippen molar-refractivity contribution in [3.63, 3.8) is 0 Å². The van der Waals surface area contributed by atoms with Gasteiger partial charge in [0.15, 0.2) is 0 Å². The zero-order valence-corrected chi connectivity index (χ0v) is 17.7. The number of carbonyl (C=O) groups is 3. The van der Waals surface area contributed by atoms with E-state index in [1.54, 1.807) is 31.2 Å². The number of hydrogen-bond donors (Lipinski definition) is 1. The number of halogens is 1. The number of hydrogen-bond acceptors (Lipinski definition) is 8. The molecule has 2 N–H and O–H groups in total. The first-order chi connectivity index (χ1) is 14.3. The second-order valence-corrected chi connectivity index (χ2v) is 7.96. The van der Waals surface area contributed by atoms with Crippen molar-refractivity contribution >= 4 is 41.2 Å². The van der Waals surface area contributed by atoms with Gasteiger partial charge in [-0.3, -0.25) is 14.5 Å². The molecule has 1 saturated heterocycles. The zero-order valence-electron chi connectivity index (χ0n) is 16.2. The molecule has 0 spiro atoms. The van der Waals surface area contributed by atoms with Crippen molar-refractivity contribution in [1.82, 2.24) is 4.90 Å². The highest BCUT2D eigenvalue weighted by Crippen LogP contribution is 2.50. The van der Waals surface area contributed by atoms with Crippen LogP contribution in [0.5, 0.6) is 0 Å². The Labute approximate surface area is 182 Å². The van der Waals surface area contributed by atoms with E-state index in [0.717, 1.165) is 16.7 Å². The lowest BCUT2D eigenvalue weighted by Crippen LogP contribution is -2.38. The first-order valence-electron chi connectivity index (χ1n) is 8.98. The van der Waals surface area contributed by atoms with Crippen LogP contribution in [-0.4, -0.2) is 41.7 Å². The Bertz CT molecular complexity index is 1030. The summed E-state index contributed by atoms with van der Waals surface area (Å²) in [6.07, 6.45) is -0.206. The van der Waals surface area contributed by atoms with Gasteiger partial charge in [-0.15, -0.1) is 0 Å². The van der Waals surface area contributed by atoms with Gasteiger partial charge in [0.1, 0.15) is 11.1 Å². The molecule has 2 aliphatic heterocycles. The van der Waals surface area contributed by atoms with Crippen molar-refractivity contribution in [2.45, 2.75) is 24.5 Å². The molecule has 0 aromatic heterocycles. The molecule has 8 nitrogen and oxygen atoms in total. The highest BCUT2D eigenvalue weighted by molar-refractivity contribution is 8.04. The van der Waals surface area contributed by atoms with Crippen LogP contribution < -0.4 is 5.73 Å². The van der Waals surface area contributed by atoms with Crippen LogP contribution in [0.25, 0.3) is 0 Å². The number of carbonyl (C=O) groups excluding carboxylic acids is 3. The van der Waals surface area contributed by atoms with Crippen LogP contribution in [-0.2, 0) is 23.9 Å². The molecular weight excluding hydrogens is 430 g/mol. The lowest BCUT2D eigenvalue weighted by molar-refractivity contribution is -0.142. The van der Waals surface area contributed by atoms with Crippen LogP contribution in [0.1, 0.15) is 24.8 Å². The highest BCUT2D eigenvalue weighted by Gasteiger charge is 2.49. The number of benzene rings is 1. The first kappa shape index (κ1) is 21.7. The van der Waals surface area contributed by atoms with E-state index in [1.165, 1.54) is 7.11 Å². The van der Waals surface area contributed by atoms with Crippen molar-refractivity contribution in [1.29, 1.82) is 5.26 Å². The lowest BCUT2D eigenvalue weighted by Gasteiger charge is -2.31. The Morgan fingerprint density at radius 2 is 2.07 bits per heavy atom. The van der Waals surface area contributed by atoms with Crippen LogP contribution in [0.15, 0.2) is 46.3 Å². The predicted octanol–water partition coefficient (Wildman–Crippen LogP) is 2.41. The molecule has 3 rings (SSSR count). The van der Waals surface area contributed by atoms with Crippen LogP contribution in [0.4, 0.5) is 0 Å². The molecule has 0 saturated carbocycles. The van der Waals surface area contributed by atoms with E-state index >= 15 is 0 Å². The summed E-state index contributed by atoms with van der Waals surface area (Å²) in [7, 11) is 1.22. The quantitative estimate of drug-likeness (QED) is 0.682. The smallest absolute Gasteiger partial charge is 0.337 e. The molecule has 2 aliphatic rings. The summed E-state index contributed by atoms with van der Waals surface area (Å²) < 4.78 is 9.88. The minimum atomic E-state index is -0.911. The molecule has 1 aromatic carbocycles. The first-order valence-corrected chi connectivity index (χ1v) is 10.2. The van der Waals surface area contributed by atoms with Gasteiger partial charge in [0, 0.05) is 5.02 Å². The SMILES string of the molecule is CCOC(=O)C1=C2SC(CC(=O)OC)C(=O)N2C(N)=C(C#N)C1c1ccccc1Cl. The Kier molecular flexibility index (Phi) is 6.39. The van der Waals surface area contributed by atoms with E-state index in [-0.39, 0.29) is 35.0 Å². The van der Waals surface area contributed by atoms with Gasteiger partial charge in [-0.1, -0.05) is 41.6 Å². The van der Waals surface area contributed by atoms with Crippen molar-refractivity contribution in [2.75, 3.05) is 13.7 Å². The summed E-state index contributed by atoms with van der Waals surface area (Å²) in [6, 6.07) is 8.77. The molecule has 1 amide bonds. The maximum absolute atomic E-state index is 13.0. The Balaban J connectivity index is 2.23. The fourth-order valence-corrected chi connectivity index (χ4v) is 4.91. The molecule has 30 heavy (non-hydrogen) atoms. The van der Waals surface area contributed by atoms with Crippen molar-refractivity contribution in [2.24, 2.45) is 5.73 Å². The number of allylic oxidation sites excluding steroid dienone is 1. The number of amides is 1. The van der Waals surface area contributed by atoms with Crippen LogP contribution in [0, 0.1) is 11.3 Å². The predicted molar refractivity (Wildman–Crippen MR) is 110 cm³/mol. The molecule has 2 unspecified atom stereocenters. The molecule has 2 heterocycles. The number of rotatable bonds is 5. The molecule has 1 fully saturated rings. The van der Waals surface area contributed by atoms with Gasteiger partial charge >= 0.3 is 11.9 Å². The third kappa shape index (κ3) is 3.64. The molecule has 1 aromatic rings. The van der Waals surface area contributed by atoms with Gasteiger partial charge in [0.25, 0.3) is 0 Å². The summed E-state index contributed by atoms with van der Waals surface area (Å²) >= 11 is 7.38. The second kappa shape index (κ2) is 8.81. The number of ether oxygens (including phenoxy) is 2. The van der Waals surface area contributed by atoms with Gasteiger partial charge in [-0.2, -0.15) is 5.26 Å².